The number of ether oxygens (including phenoxy) is 2. The van der Waals surface area contributed by atoms with E-state index in [-0.39, 0.29) is 31.1 Å². The van der Waals surface area contributed by atoms with E-state index in [0.29, 0.717) is 6.42 Å². The summed E-state index contributed by atoms with van der Waals surface area (Å²) in [4.78, 5) is 46.8. The van der Waals surface area contributed by atoms with Crippen molar-refractivity contribution >= 4 is 23.5 Å². The first-order chi connectivity index (χ1) is 9.35. The maximum absolute atomic E-state index is 11.9. The molecule has 0 aliphatic heterocycles. The number of ketones is 3. The third-order valence-corrected chi connectivity index (χ3v) is 2.91. The van der Waals surface area contributed by atoms with E-state index in [1.165, 1.54) is 0 Å². The van der Waals surface area contributed by atoms with Gasteiger partial charge in [0.25, 0.3) is 0 Å². The molecule has 0 atom stereocenters. The largest absolute Gasteiger partial charge is 0.508 e. The Kier molecular flexibility index (Phi) is 5.85. The summed E-state index contributed by atoms with van der Waals surface area (Å²) in [5.74, 6) is -2.45. The molecule has 6 heteroatoms. The van der Waals surface area contributed by atoms with Crippen molar-refractivity contribution in [2.24, 2.45) is 5.92 Å². The summed E-state index contributed by atoms with van der Waals surface area (Å²) in [6, 6.07) is 0. The maximum Gasteiger partial charge on any atom is 0.508 e. The fraction of sp³-hybridized carbons (Fsp3) is 0.714. The second-order valence-electron chi connectivity index (χ2n) is 5.15. The van der Waals surface area contributed by atoms with Gasteiger partial charge in [0.2, 0.25) is 0 Å². The fourth-order valence-corrected chi connectivity index (χ4v) is 2.13. The quantitative estimate of drug-likeness (QED) is 0.565. The van der Waals surface area contributed by atoms with E-state index >= 15 is 0 Å². The summed E-state index contributed by atoms with van der Waals surface area (Å²) in [7, 11) is 0. The molecule has 0 heterocycles. The van der Waals surface area contributed by atoms with Crippen LogP contribution in [0.15, 0.2) is 0 Å². The van der Waals surface area contributed by atoms with E-state index in [9.17, 15) is 19.2 Å². The van der Waals surface area contributed by atoms with Crippen molar-refractivity contribution in [1.82, 2.24) is 0 Å². The van der Waals surface area contributed by atoms with Crippen LogP contribution in [0.5, 0.6) is 0 Å². The Morgan fingerprint density at radius 3 is 2.20 bits per heavy atom. The average Bonchev–Trinajstić information content (AvgIpc) is 2.26. The Hall–Kier alpha value is -1.72. The second-order valence-corrected chi connectivity index (χ2v) is 5.15. The predicted octanol–water partition coefficient (Wildman–Crippen LogP) is 1.83. The van der Waals surface area contributed by atoms with Crippen LogP contribution in [0.1, 0.15) is 46.5 Å². The summed E-state index contributed by atoms with van der Waals surface area (Å²) >= 11 is 0. The topological polar surface area (TPSA) is 86.7 Å². The van der Waals surface area contributed by atoms with Crippen LogP contribution in [0.25, 0.3) is 0 Å². The molecule has 0 bridgehead atoms. The standard InChI is InChI=1S/C14H20O6/c1-4-5-10(15)13-11(16)6-9(7-12(13)17)20-14(18)19-8(2)3/h8-9,13H,4-7H2,1-3H3. The Morgan fingerprint density at radius 2 is 1.75 bits per heavy atom. The molecule has 0 saturated heterocycles. The SMILES string of the molecule is CCCC(=O)C1C(=O)CC(OC(=O)OC(C)C)CC1=O. The predicted molar refractivity (Wildman–Crippen MR) is 69.1 cm³/mol. The summed E-state index contributed by atoms with van der Waals surface area (Å²) < 4.78 is 9.70. The van der Waals surface area contributed by atoms with Crippen molar-refractivity contribution in [2.45, 2.75) is 58.7 Å². The van der Waals surface area contributed by atoms with Gasteiger partial charge in [-0.2, -0.15) is 0 Å². The molecule has 1 aliphatic rings. The van der Waals surface area contributed by atoms with Crippen molar-refractivity contribution in [3.63, 3.8) is 0 Å². The number of carbonyl (C=O) groups is 4. The van der Waals surface area contributed by atoms with E-state index in [1.54, 1.807) is 13.8 Å². The lowest BCUT2D eigenvalue weighted by atomic mass is 9.81. The maximum atomic E-state index is 11.9. The Balaban J connectivity index is 2.60. The monoisotopic (exact) mass is 284 g/mol. The van der Waals surface area contributed by atoms with Gasteiger partial charge in [-0.25, -0.2) is 4.79 Å². The van der Waals surface area contributed by atoms with E-state index in [4.69, 9.17) is 9.47 Å². The lowest BCUT2D eigenvalue weighted by Gasteiger charge is -2.25. The molecular formula is C14H20O6. The molecule has 1 saturated carbocycles. The normalized spacial score (nSPS) is 22.8. The van der Waals surface area contributed by atoms with Crippen LogP contribution in [-0.2, 0) is 23.9 Å². The van der Waals surface area contributed by atoms with Crippen LogP contribution >= 0.6 is 0 Å². The van der Waals surface area contributed by atoms with Crippen molar-refractivity contribution < 1.29 is 28.7 Å². The van der Waals surface area contributed by atoms with E-state index < -0.39 is 29.7 Å². The number of carbonyl (C=O) groups excluding carboxylic acids is 4. The first-order valence-corrected chi connectivity index (χ1v) is 6.80. The number of hydrogen-bond acceptors (Lipinski definition) is 6. The molecule has 0 N–H and O–H groups in total. The summed E-state index contributed by atoms with van der Waals surface area (Å²) in [5, 5.41) is 0. The average molecular weight is 284 g/mol. The second kappa shape index (κ2) is 7.17. The van der Waals surface area contributed by atoms with Gasteiger partial charge in [-0.15, -0.1) is 0 Å². The van der Waals surface area contributed by atoms with Gasteiger partial charge >= 0.3 is 6.16 Å². The van der Waals surface area contributed by atoms with E-state index in [0.717, 1.165) is 0 Å². The van der Waals surface area contributed by atoms with Gasteiger partial charge in [0.05, 0.1) is 6.10 Å². The lowest BCUT2D eigenvalue weighted by molar-refractivity contribution is -0.145. The highest BCUT2D eigenvalue weighted by Crippen LogP contribution is 2.23. The Labute approximate surface area is 117 Å². The van der Waals surface area contributed by atoms with Crippen LogP contribution in [0.2, 0.25) is 0 Å². The van der Waals surface area contributed by atoms with Gasteiger partial charge in [0.15, 0.2) is 17.3 Å². The highest BCUT2D eigenvalue weighted by molar-refractivity contribution is 6.20. The fourth-order valence-electron chi connectivity index (χ4n) is 2.13. The highest BCUT2D eigenvalue weighted by atomic mass is 16.7. The van der Waals surface area contributed by atoms with Gasteiger partial charge in [-0.05, 0) is 20.3 Å². The van der Waals surface area contributed by atoms with E-state index in [2.05, 4.69) is 0 Å². The van der Waals surface area contributed by atoms with Gasteiger partial charge < -0.3 is 9.47 Å². The molecule has 0 aromatic carbocycles. The summed E-state index contributed by atoms with van der Waals surface area (Å²) in [5.41, 5.74) is 0. The van der Waals surface area contributed by atoms with Crippen molar-refractivity contribution in [3.8, 4) is 0 Å². The lowest BCUT2D eigenvalue weighted by Crippen LogP contribution is -2.42. The first-order valence-electron chi connectivity index (χ1n) is 6.80. The minimum atomic E-state index is -1.17. The molecule has 20 heavy (non-hydrogen) atoms. The zero-order valence-corrected chi connectivity index (χ0v) is 12.0. The molecule has 1 fully saturated rings. The third kappa shape index (κ3) is 4.43. The summed E-state index contributed by atoms with van der Waals surface area (Å²) in [6.45, 7) is 5.14. The molecule has 1 aliphatic carbocycles. The minimum absolute atomic E-state index is 0.112. The molecular weight excluding hydrogens is 264 g/mol. The molecule has 0 radical (unpaired) electrons. The van der Waals surface area contributed by atoms with Gasteiger partial charge in [-0.1, -0.05) is 6.92 Å². The number of hydrogen-bond donors (Lipinski definition) is 0. The first kappa shape index (κ1) is 16.3. The molecule has 0 aromatic heterocycles. The van der Waals surface area contributed by atoms with Gasteiger partial charge in [-0.3, -0.25) is 14.4 Å². The molecule has 112 valence electrons. The van der Waals surface area contributed by atoms with Crippen LogP contribution in [0.3, 0.4) is 0 Å². The van der Waals surface area contributed by atoms with Crippen molar-refractivity contribution in [2.75, 3.05) is 0 Å². The molecule has 0 aromatic rings. The van der Waals surface area contributed by atoms with Gasteiger partial charge in [0.1, 0.15) is 12.0 Å². The zero-order chi connectivity index (χ0) is 15.3. The van der Waals surface area contributed by atoms with E-state index in [1.807, 2.05) is 6.92 Å². The molecule has 0 unspecified atom stereocenters. The number of Topliss-reactive ketones (excluding diaryl/α,β-unsaturated/α-hetero) is 3. The van der Waals surface area contributed by atoms with Crippen molar-refractivity contribution in [1.29, 1.82) is 0 Å². The summed E-state index contributed by atoms with van der Waals surface area (Å²) in [6.07, 6.45) is -1.48. The van der Waals surface area contributed by atoms with Crippen LogP contribution in [0.4, 0.5) is 4.79 Å². The molecule has 0 spiro atoms. The van der Waals surface area contributed by atoms with Crippen LogP contribution in [0, 0.1) is 5.92 Å². The zero-order valence-electron chi connectivity index (χ0n) is 12.0. The van der Waals surface area contributed by atoms with Crippen LogP contribution < -0.4 is 0 Å². The minimum Gasteiger partial charge on any atom is -0.432 e. The number of rotatable bonds is 5. The Morgan fingerprint density at radius 1 is 1.20 bits per heavy atom. The Bertz CT molecular complexity index is 394. The third-order valence-electron chi connectivity index (χ3n) is 2.91. The molecule has 0 amide bonds. The van der Waals surface area contributed by atoms with Gasteiger partial charge in [0, 0.05) is 19.3 Å². The smallest absolute Gasteiger partial charge is 0.432 e. The van der Waals surface area contributed by atoms with Crippen molar-refractivity contribution in [3.05, 3.63) is 0 Å². The van der Waals surface area contributed by atoms with Crippen LogP contribution in [-0.4, -0.2) is 35.7 Å². The molecule has 1 rings (SSSR count). The molecule has 6 nitrogen and oxygen atoms in total. The highest BCUT2D eigenvalue weighted by Gasteiger charge is 2.41.